The summed E-state index contributed by atoms with van der Waals surface area (Å²) in [5.74, 6) is 0.850. The van der Waals surface area contributed by atoms with Crippen LogP contribution in [0.3, 0.4) is 0 Å². The standard InChI is InChI=1S/C13H25N5O/c1-4-14-13(15-6-5-9-19-3)16-7-8-18-11-12(2)10-17-18/h10-11H,4-9H2,1-3H3,(H2,14,15,16). The highest BCUT2D eigenvalue weighted by Gasteiger charge is 1.97. The summed E-state index contributed by atoms with van der Waals surface area (Å²) >= 11 is 0. The SMILES string of the molecule is CCNC(=NCCCOC)NCCn1cc(C)cn1. The Kier molecular flexibility index (Phi) is 7.65. The molecule has 1 aromatic rings. The van der Waals surface area contributed by atoms with Crippen LogP contribution in [0, 0.1) is 6.92 Å². The van der Waals surface area contributed by atoms with Crippen LogP contribution in [0.25, 0.3) is 0 Å². The highest BCUT2D eigenvalue weighted by atomic mass is 16.5. The molecule has 0 unspecified atom stereocenters. The van der Waals surface area contributed by atoms with Gasteiger partial charge in [0.1, 0.15) is 0 Å². The highest BCUT2D eigenvalue weighted by molar-refractivity contribution is 5.79. The van der Waals surface area contributed by atoms with E-state index in [2.05, 4.69) is 27.6 Å². The Hall–Kier alpha value is -1.56. The molecule has 0 amide bonds. The molecule has 0 spiro atoms. The van der Waals surface area contributed by atoms with Crippen LogP contribution in [-0.2, 0) is 11.3 Å². The van der Waals surface area contributed by atoms with Gasteiger partial charge < -0.3 is 15.4 Å². The highest BCUT2D eigenvalue weighted by Crippen LogP contribution is 1.92. The quantitative estimate of drug-likeness (QED) is 0.415. The maximum atomic E-state index is 5.00. The second-order valence-corrected chi connectivity index (χ2v) is 4.31. The minimum Gasteiger partial charge on any atom is -0.385 e. The van der Waals surface area contributed by atoms with E-state index in [0.29, 0.717) is 0 Å². The van der Waals surface area contributed by atoms with Crippen LogP contribution < -0.4 is 10.6 Å². The first-order valence-corrected chi connectivity index (χ1v) is 6.76. The Bertz CT molecular complexity index is 375. The molecule has 0 aliphatic heterocycles. The Balaban J connectivity index is 2.28. The van der Waals surface area contributed by atoms with E-state index in [1.165, 1.54) is 5.56 Å². The molecule has 0 aromatic carbocycles. The van der Waals surface area contributed by atoms with Gasteiger partial charge in [-0.15, -0.1) is 0 Å². The minimum absolute atomic E-state index is 0.746. The predicted octanol–water partition coefficient (Wildman–Crippen LogP) is 0.783. The Morgan fingerprint density at radius 1 is 1.47 bits per heavy atom. The fourth-order valence-electron chi connectivity index (χ4n) is 1.62. The van der Waals surface area contributed by atoms with Crippen LogP contribution >= 0.6 is 0 Å². The second-order valence-electron chi connectivity index (χ2n) is 4.31. The molecule has 2 N–H and O–H groups in total. The molecule has 6 nitrogen and oxygen atoms in total. The van der Waals surface area contributed by atoms with Gasteiger partial charge in [0, 0.05) is 39.5 Å². The van der Waals surface area contributed by atoms with Gasteiger partial charge in [-0.3, -0.25) is 9.67 Å². The number of hydrogen-bond acceptors (Lipinski definition) is 3. The number of ether oxygens (including phenoxy) is 1. The Labute approximate surface area is 115 Å². The van der Waals surface area contributed by atoms with E-state index >= 15 is 0 Å². The summed E-state index contributed by atoms with van der Waals surface area (Å²) < 4.78 is 6.93. The number of hydrogen-bond donors (Lipinski definition) is 2. The maximum Gasteiger partial charge on any atom is 0.191 e. The average Bonchev–Trinajstić information content (AvgIpc) is 2.80. The summed E-state index contributed by atoms with van der Waals surface area (Å²) in [5.41, 5.74) is 1.18. The van der Waals surface area contributed by atoms with Crippen molar-refractivity contribution in [3.63, 3.8) is 0 Å². The minimum atomic E-state index is 0.746. The van der Waals surface area contributed by atoms with E-state index in [-0.39, 0.29) is 0 Å². The fourth-order valence-corrected chi connectivity index (χ4v) is 1.62. The second kappa shape index (κ2) is 9.38. The van der Waals surface area contributed by atoms with Crippen LogP contribution in [0.15, 0.2) is 17.4 Å². The third-order valence-electron chi connectivity index (χ3n) is 2.52. The molecule has 0 bridgehead atoms. The zero-order valence-corrected chi connectivity index (χ0v) is 12.1. The van der Waals surface area contributed by atoms with Crippen molar-refractivity contribution in [3.05, 3.63) is 18.0 Å². The lowest BCUT2D eigenvalue weighted by molar-refractivity contribution is 0.197. The Morgan fingerprint density at radius 2 is 2.32 bits per heavy atom. The van der Waals surface area contributed by atoms with E-state index in [0.717, 1.165) is 45.2 Å². The molecule has 0 aliphatic rings. The van der Waals surface area contributed by atoms with Crippen molar-refractivity contribution in [1.29, 1.82) is 0 Å². The number of aliphatic imine (C=N–C) groups is 1. The summed E-state index contributed by atoms with van der Waals surface area (Å²) in [6.07, 6.45) is 4.83. The van der Waals surface area contributed by atoms with Crippen molar-refractivity contribution >= 4 is 5.96 Å². The third-order valence-corrected chi connectivity index (χ3v) is 2.52. The van der Waals surface area contributed by atoms with Crippen LogP contribution in [0.1, 0.15) is 18.9 Å². The maximum absolute atomic E-state index is 5.00. The first-order valence-electron chi connectivity index (χ1n) is 6.76. The monoisotopic (exact) mass is 267 g/mol. The third kappa shape index (κ3) is 6.81. The van der Waals surface area contributed by atoms with Gasteiger partial charge in [-0.25, -0.2) is 0 Å². The van der Waals surface area contributed by atoms with Crippen molar-refractivity contribution in [1.82, 2.24) is 20.4 Å². The van der Waals surface area contributed by atoms with Crippen molar-refractivity contribution in [2.75, 3.05) is 33.4 Å². The normalized spacial score (nSPS) is 11.6. The zero-order chi connectivity index (χ0) is 13.9. The molecule has 0 aliphatic carbocycles. The van der Waals surface area contributed by atoms with Crippen molar-refractivity contribution in [3.8, 4) is 0 Å². The summed E-state index contributed by atoms with van der Waals surface area (Å²) in [4.78, 5) is 4.47. The molecular weight excluding hydrogens is 242 g/mol. The van der Waals surface area contributed by atoms with Crippen LogP contribution in [-0.4, -0.2) is 49.1 Å². The molecule has 108 valence electrons. The topological polar surface area (TPSA) is 63.5 Å². The molecule has 0 saturated heterocycles. The van der Waals surface area contributed by atoms with Gasteiger partial charge in [-0.1, -0.05) is 0 Å². The van der Waals surface area contributed by atoms with Gasteiger partial charge in [0.15, 0.2) is 5.96 Å². The summed E-state index contributed by atoms with van der Waals surface area (Å²) in [6, 6.07) is 0. The first-order chi connectivity index (χ1) is 9.26. The molecule has 1 heterocycles. The summed E-state index contributed by atoms with van der Waals surface area (Å²) in [6.45, 7) is 8.10. The van der Waals surface area contributed by atoms with Crippen LogP contribution in [0.2, 0.25) is 0 Å². The van der Waals surface area contributed by atoms with Gasteiger partial charge >= 0.3 is 0 Å². The average molecular weight is 267 g/mol. The number of aromatic nitrogens is 2. The first kappa shape index (κ1) is 15.5. The van der Waals surface area contributed by atoms with E-state index in [1.807, 2.05) is 24.0 Å². The van der Waals surface area contributed by atoms with Crippen LogP contribution in [0.5, 0.6) is 0 Å². The Morgan fingerprint density at radius 3 is 2.95 bits per heavy atom. The molecule has 1 rings (SSSR count). The zero-order valence-electron chi connectivity index (χ0n) is 12.1. The lowest BCUT2D eigenvalue weighted by Gasteiger charge is -2.11. The predicted molar refractivity (Wildman–Crippen MR) is 77.4 cm³/mol. The number of aryl methyl sites for hydroxylation is 1. The molecule has 6 heteroatoms. The van der Waals surface area contributed by atoms with Crippen molar-refractivity contribution < 1.29 is 4.74 Å². The van der Waals surface area contributed by atoms with Gasteiger partial charge in [0.05, 0.1) is 12.7 Å². The summed E-state index contributed by atoms with van der Waals surface area (Å²) in [5, 5.41) is 10.8. The van der Waals surface area contributed by atoms with Crippen LogP contribution in [0.4, 0.5) is 0 Å². The van der Waals surface area contributed by atoms with Gasteiger partial charge in [0.2, 0.25) is 0 Å². The lowest BCUT2D eigenvalue weighted by atomic mass is 10.4. The van der Waals surface area contributed by atoms with Gasteiger partial charge in [-0.05, 0) is 25.8 Å². The molecule has 0 atom stereocenters. The van der Waals surface area contributed by atoms with E-state index in [9.17, 15) is 0 Å². The van der Waals surface area contributed by atoms with Gasteiger partial charge in [0.25, 0.3) is 0 Å². The number of guanidine groups is 1. The van der Waals surface area contributed by atoms with E-state index in [4.69, 9.17) is 4.74 Å². The van der Waals surface area contributed by atoms with E-state index < -0.39 is 0 Å². The lowest BCUT2D eigenvalue weighted by Crippen LogP contribution is -2.39. The number of methoxy groups -OCH3 is 1. The van der Waals surface area contributed by atoms with Crippen molar-refractivity contribution in [2.45, 2.75) is 26.8 Å². The largest absolute Gasteiger partial charge is 0.385 e. The smallest absolute Gasteiger partial charge is 0.191 e. The van der Waals surface area contributed by atoms with Gasteiger partial charge in [-0.2, -0.15) is 5.10 Å². The number of rotatable bonds is 8. The summed E-state index contributed by atoms with van der Waals surface area (Å²) in [7, 11) is 1.71. The molecular formula is C13H25N5O. The molecule has 0 saturated carbocycles. The van der Waals surface area contributed by atoms with Crippen molar-refractivity contribution in [2.24, 2.45) is 4.99 Å². The number of nitrogens with one attached hydrogen (secondary N) is 2. The molecule has 0 fully saturated rings. The molecule has 1 aromatic heterocycles. The fraction of sp³-hybridized carbons (Fsp3) is 0.692. The van der Waals surface area contributed by atoms with E-state index in [1.54, 1.807) is 7.11 Å². The molecule has 0 radical (unpaired) electrons. The number of nitrogens with zero attached hydrogens (tertiary/aromatic N) is 3. The molecule has 19 heavy (non-hydrogen) atoms.